The highest BCUT2D eigenvalue weighted by molar-refractivity contribution is 8.19. The van der Waals surface area contributed by atoms with Gasteiger partial charge in [-0.1, -0.05) is 0 Å². The number of hydrogen-bond acceptors (Lipinski definition) is 7. The standard InChI is InChI=1S/C22H15N3O5S/c26-18-9-3-15(4-10-18)23-22-24(16-7-11-19(27)12-8-16)21(28)20(31-22)13-14-1-5-17(6-2-14)25(29)30/h1-13,26-27H/b20-13-,23-22?. The molecule has 4 rings (SSSR count). The molecule has 0 radical (unpaired) electrons. The van der Waals surface area contributed by atoms with Gasteiger partial charge < -0.3 is 10.2 Å². The van der Waals surface area contributed by atoms with E-state index in [0.29, 0.717) is 27.0 Å². The van der Waals surface area contributed by atoms with Gasteiger partial charge in [0.2, 0.25) is 0 Å². The van der Waals surface area contributed by atoms with Crippen LogP contribution in [0.2, 0.25) is 0 Å². The second-order valence-corrected chi connectivity index (χ2v) is 7.54. The minimum Gasteiger partial charge on any atom is -0.508 e. The maximum absolute atomic E-state index is 13.2. The predicted octanol–water partition coefficient (Wildman–Crippen LogP) is 4.81. The van der Waals surface area contributed by atoms with Crippen molar-refractivity contribution >= 4 is 46.0 Å². The fourth-order valence-corrected chi connectivity index (χ4v) is 3.86. The zero-order chi connectivity index (χ0) is 22.0. The lowest BCUT2D eigenvalue weighted by atomic mass is 10.2. The largest absolute Gasteiger partial charge is 0.508 e. The van der Waals surface area contributed by atoms with Gasteiger partial charge in [-0.05, 0) is 84.1 Å². The number of phenolic OH excluding ortho intramolecular Hbond substituents is 2. The predicted molar refractivity (Wildman–Crippen MR) is 119 cm³/mol. The Morgan fingerprint density at radius 3 is 2.06 bits per heavy atom. The zero-order valence-corrected chi connectivity index (χ0v) is 16.7. The van der Waals surface area contributed by atoms with E-state index in [1.807, 2.05) is 0 Å². The third kappa shape index (κ3) is 4.41. The third-order valence-corrected chi connectivity index (χ3v) is 5.36. The van der Waals surface area contributed by atoms with Gasteiger partial charge in [0.1, 0.15) is 11.5 Å². The molecule has 3 aromatic rings. The number of carbonyl (C=O) groups is 1. The van der Waals surface area contributed by atoms with Crippen LogP contribution in [0.3, 0.4) is 0 Å². The first-order chi connectivity index (χ1) is 14.9. The lowest BCUT2D eigenvalue weighted by Gasteiger charge is -2.15. The Hall–Kier alpha value is -4.11. The average molecular weight is 433 g/mol. The molecule has 0 saturated carbocycles. The molecule has 8 nitrogen and oxygen atoms in total. The van der Waals surface area contributed by atoms with Crippen molar-refractivity contribution in [1.82, 2.24) is 0 Å². The number of aromatic hydroxyl groups is 2. The molecule has 154 valence electrons. The summed E-state index contributed by atoms with van der Waals surface area (Å²) >= 11 is 1.16. The molecule has 1 fully saturated rings. The van der Waals surface area contributed by atoms with Gasteiger partial charge in [-0.2, -0.15) is 0 Å². The Morgan fingerprint density at radius 1 is 0.903 bits per heavy atom. The first-order valence-corrected chi connectivity index (χ1v) is 9.87. The number of nitrogens with zero attached hydrogens (tertiary/aromatic N) is 3. The normalized spacial score (nSPS) is 16.3. The van der Waals surface area contributed by atoms with E-state index in [4.69, 9.17) is 0 Å². The van der Waals surface area contributed by atoms with Gasteiger partial charge in [0.05, 0.1) is 21.2 Å². The Morgan fingerprint density at radius 2 is 1.48 bits per heavy atom. The summed E-state index contributed by atoms with van der Waals surface area (Å²) in [6.45, 7) is 0. The molecular weight excluding hydrogens is 418 g/mol. The van der Waals surface area contributed by atoms with Crippen LogP contribution in [0.1, 0.15) is 5.56 Å². The molecule has 0 spiro atoms. The summed E-state index contributed by atoms with van der Waals surface area (Å²) in [4.78, 5) is 29.9. The van der Waals surface area contributed by atoms with Crippen molar-refractivity contribution in [3.63, 3.8) is 0 Å². The van der Waals surface area contributed by atoms with Gasteiger partial charge in [-0.15, -0.1) is 0 Å². The SMILES string of the molecule is O=C1/C(=C/c2ccc([N+](=O)[O-])cc2)SC(=Nc2ccc(O)cc2)N1c1ccc(O)cc1. The van der Waals surface area contributed by atoms with E-state index in [0.717, 1.165) is 11.8 Å². The van der Waals surface area contributed by atoms with E-state index in [-0.39, 0.29) is 23.1 Å². The number of rotatable bonds is 4. The van der Waals surface area contributed by atoms with Crippen molar-refractivity contribution in [2.45, 2.75) is 0 Å². The van der Waals surface area contributed by atoms with E-state index in [9.17, 15) is 25.1 Å². The van der Waals surface area contributed by atoms with Gasteiger partial charge in [0.15, 0.2) is 5.17 Å². The second kappa shape index (κ2) is 8.33. The summed E-state index contributed by atoms with van der Waals surface area (Å²) in [5.41, 5.74) is 1.68. The van der Waals surface area contributed by atoms with E-state index < -0.39 is 4.92 Å². The summed E-state index contributed by atoms with van der Waals surface area (Å²) in [7, 11) is 0. The topological polar surface area (TPSA) is 116 Å². The number of hydrogen-bond donors (Lipinski definition) is 2. The number of thioether (sulfide) groups is 1. The number of non-ortho nitro benzene ring substituents is 1. The van der Waals surface area contributed by atoms with Crippen LogP contribution in [-0.2, 0) is 4.79 Å². The Kier molecular flexibility index (Phi) is 5.42. The minimum atomic E-state index is -0.485. The van der Waals surface area contributed by atoms with E-state index >= 15 is 0 Å². The number of benzene rings is 3. The summed E-state index contributed by atoms with van der Waals surface area (Å²) in [5, 5.41) is 30.3. The fraction of sp³-hybridized carbons (Fsp3) is 0. The Balaban J connectivity index is 1.73. The number of nitro benzene ring substituents is 1. The summed E-state index contributed by atoms with van der Waals surface area (Å²) in [6.07, 6.45) is 1.64. The Labute approximate surface area is 180 Å². The van der Waals surface area contributed by atoms with Crippen molar-refractivity contribution < 1.29 is 19.9 Å². The molecule has 9 heteroatoms. The maximum Gasteiger partial charge on any atom is 0.271 e. The van der Waals surface area contributed by atoms with Crippen molar-refractivity contribution in [2.24, 2.45) is 4.99 Å². The number of phenols is 2. The highest BCUT2D eigenvalue weighted by Crippen LogP contribution is 2.38. The third-order valence-electron chi connectivity index (χ3n) is 4.39. The van der Waals surface area contributed by atoms with E-state index in [2.05, 4.69) is 4.99 Å². The molecular formula is C22H15N3O5S. The summed E-state index contributed by atoms with van der Waals surface area (Å²) in [5.74, 6) is -0.137. The highest BCUT2D eigenvalue weighted by atomic mass is 32.2. The van der Waals surface area contributed by atoms with Crippen LogP contribution in [0.15, 0.2) is 82.7 Å². The molecule has 0 bridgehead atoms. The Bertz CT molecular complexity index is 1200. The lowest BCUT2D eigenvalue weighted by Crippen LogP contribution is -2.28. The zero-order valence-electron chi connectivity index (χ0n) is 15.9. The van der Waals surface area contributed by atoms with Gasteiger partial charge >= 0.3 is 0 Å². The molecule has 0 aliphatic carbocycles. The van der Waals surface area contributed by atoms with Crippen molar-refractivity contribution in [1.29, 1.82) is 0 Å². The molecule has 0 atom stereocenters. The van der Waals surface area contributed by atoms with Gasteiger partial charge in [-0.3, -0.25) is 19.8 Å². The summed E-state index contributed by atoms with van der Waals surface area (Å²) < 4.78 is 0. The van der Waals surface area contributed by atoms with Crippen LogP contribution in [-0.4, -0.2) is 26.2 Å². The quantitative estimate of drug-likeness (QED) is 0.346. The van der Waals surface area contributed by atoms with Crippen molar-refractivity contribution in [3.8, 4) is 11.5 Å². The molecule has 0 aromatic heterocycles. The molecule has 1 amide bonds. The van der Waals surface area contributed by atoms with Crippen LogP contribution in [0, 0.1) is 10.1 Å². The number of amidine groups is 1. The molecule has 31 heavy (non-hydrogen) atoms. The second-order valence-electron chi connectivity index (χ2n) is 6.53. The van der Waals surface area contributed by atoms with E-state index in [1.165, 1.54) is 41.3 Å². The van der Waals surface area contributed by atoms with Crippen molar-refractivity contribution in [3.05, 3.63) is 93.4 Å². The molecule has 1 heterocycles. The van der Waals surface area contributed by atoms with Crippen molar-refractivity contribution in [2.75, 3.05) is 4.90 Å². The van der Waals surface area contributed by atoms with Crippen LogP contribution in [0.4, 0.5) is 17.1 Å². The minimum absolute atomic E-state index is 0.0344. The first-order valence-electron chi connectivity index (χ1n) is 9.06. The number of anilines is 1. The van der Waals surface area contributed by atoms with Crippen LogP contribution in [0.25, 0.3) is 6.08 Å². The molecule has 1 aliphatic rings. The molecule has 3 aromatic carbocycles. The smallest absolute Gasteiger partial charge is 0.271 e. The highest BCUT2D eigenvalue weighted by Gasteiger charge is 2.34. The maximum atomic E-state index is 13.2. The molecule has 2 N–H and O–H groups in total. The fourth-order valence-electron chi connectivity index (χ4n) is 2.86. The average Bonchev–Trinajstić information content (AvgIpc) is 3.05. The molecule has 1 aliphatic heterocycles. The van der Waals surface area contributed by atoms with Gasteiger partial charge in [0, 0.05) is 12.1 Å². The molecule has 1 saturated heterocycles. The monoisotopic (exact) mass is 433 g/mol. The molecule has 0 unspecified atom stereocenters. The van der Waals surface area contributed by atoms with Crippen LogP contribution in [0.5, 0.6) is 11.5 Å². The van der Waals surface area contributed by atoms with E-state index in [1.54, 1.807) is 42.5 Å². The number of amides is 1. The van der Waals surface area contributed by atoms with Gasteiger partial charge in [-0.25, -0.2) is 4.99 Å². The first kappa shape index (κ1) is 20.2. The summed E-state index contributed by atoms with van der Waals surface area (Å²) in [6, 6.07) is 18.3. The number of nitro groups is 1. The lowest BCUT2D eigenvalue weighted by molar-refractivity contribution is -0.384. The van der Waals surface area contributed by atoms with Crippen LogP contribution < -0.4 is 4.90 Å². The number of carbonyl (C=O) groups excluding carboxylic acids is 1. The van der Waals surface area contributed by atoms with Gasteiger partial charge in [0.25, 0.3) is 11.6 Å². The number of aliphatic imine (C=N–C) groups is 1. The van der Waals surface area contributed by atoms with Crippen LogP contribution >= 0.6 is 11.8 Å².